The van der Waals surface area contributed by atoms with Crippen LogP contribution in [-0.2, 0) is 15.6 Å². The maximum Gasteiger partial charge on any atom is 0.201 e. The highest BCUT2D eigenvalue weighted by Gasteiger charge is 2.20. The minimum atomic E-state index is -3.70. The molecular formula is C12H10BrFN2O2S. The minimum absolute atomic E-state index is 0.0815. The SMILES string of the molecule is Nc1cccnc1S(=O)(=O)Cc1cc(F)cc(Br)c1. The van der Waals surface area contributed by atoms with Gasteiger partial charge in [0.1, 0.15) is 5.82 Å². The molecule has 0 amide bonds. The molecule has 2 aromatic rings. The van der Waals surface area contributed by atoms with E-state index >= 15 is 0 Å². The first-order chi connectivity index (χ1) is 8.88. The van der Waals surface area contributed by atoms with Crippen molar-refractivity contribution < 1.29 is 12.8 Å². The van der Waals surface area contributed by atoms with Crippen LogP contribution in [0.15, 0.2) is 46.0 Å². The quantitative estimate of drug-likeness (QED) is 0.928. The molecule has 1 heterocycles. The summed E-state index contributed by atoms with van der Waals surface area (Å²) in [5, 5.41) is -0.185. The Morgan fingerprint density at radius 1 is 1.32 bits per heavy atom. The molecule has 19 heavy (non-hydrogen) atoms. The number of hydrogen-bond acceptors (Lipinski definition) is 4. The molecule has 2 rings (SSSR count). The van der Waals surface area contributed by atoms with Gasteiger partial charge in [-0.05, 0) is 35.9 Å². The Kier molecular flexibility index (Phi) is 3.86. The van der Waals surface area contributed by atoms with Gasteiger partial charge in [0, 0.05) is 10.7 Å². The molecule has 0 saturated carbocycles. The van der Waals surface area contributed by atoms with E-state index in [1.165, 1.54) is 24.4 Å². The van der Waals surface area contributed by atoms with E-state index in [9.17, 15) is 12.8 Å². The van der Waals surface area contributed by atoms with Crippen molar-refractivity contribution in [3.63, 3.8) is 0 Å². The van der Waals surface area contributed by atoms with E-state index < -0.39 is 15.7 Å². The third-order valence-corrected chi connectivity index (χ3v) is 4.48. The fraction of sp³-hybridized carbons (Fsp3) is 0.0833. The van der Waals surface area contributed by atoms with Gasteiger partial charge in [-0.1, -0.05) is 15.9 Å². The van der Waals surface area contributed by atoms with Crippen LogP contribution in [0, 0.1) is 5.82 Å². The van der Waals surface area contributed by atoms with Gasteiger partial charge in [0.05, 0.1) is 11.4 Å². The highest BCUT2D eigenvalue weighted by atomic mass is 79.9. The number of nitrogen functional groups attached to an aromatic ring is 1. The van der Waals surface area contributed by atoms with Gasteiger partial charge in [-0.25, -0.2) is 17.8 Å². The summed E-state index contributed by atoms with van der Waals surface area (Å²) in [6.45, 7) is 0. The van der Waals surface area contributed by atoms with E-state index in [2.05, 4.69) is 20.9 Å². The van der Waals surface area contributed by atoms with Crippen LogP contribution < -0.4 is 5.73 Å². The summed E-state index contributed by atoms with van der Waals surface area (Å²) in [5.41, 5.74) is 6.01. The molecule has 0 bridgehead atoms. The molecule has 0 saturated heterocycles. The van der Waals surface area contributed by atoms with E-state index in [-0.39, 0.29) is 16.5 Å². The molecule has 0 aliphatic heterocycles. The van der Waals surface area contributed by atoms with Crippen molar-refractivity contribution in [1.82, 2.24) is 4.98 Å². The number of halogens is 2. The van der Waals surface area contributed by atoms with Gasteiger partial charge >= 0.3 is 0 Å². The van der Waals surface area contributed by atoms with Gasteiger partial charge in [0.2, 0.25) is 9.84 Å². The molecule has 0 aliphatic rings. The molecule has 1 aromatic carbocycles. The van der Waals surface area contributed by atoms with Crippen LogP contribution in [0.25, 0.3) is 0 Å². The topological polar surface area (TPSA) is 73.0 Å². The number of pyridine rings is 1. The van der Waals surface area contributed by atoms with Crippen LogP contribution in [0.2, 0.25) is 0 Å². The molecule has 7 heteroatoms. The molecule has 0 unspecified atom stereocenters. The number of sulfone groups is 1. The molecule has 1 aromatic heterocycles. The van der Waals surface area contributed by atoms with Gasteiger partial charge in [0.15, 0.2) is 5.03 Å². The molecular weight excluding hydrogens is 335 g/mol. The van der Waals surface area contributed by atoms with Crippen LogP contribution >= 0.6 is 15.9 Å². The van der Waals surface area contributed by atoms with Crippen LogP contribution in [0.3, 0.4) is 0 Å². The number of nitrogens with two attached hydrogens (primary N) is 1. The summed E-state index contributed by atoms with van der Waals surface area (Å²) >= 11 is 3.12. The molecule has 0 fully saturated rings. The van der Waals surface area contributed by atoms with Crippen LogP contribution in [0.5, 0.6) is 0 Å². The predicted octanol–water partition coefficient (Wildman–Crippen LogP) is 2.54. The Bertz CT molecular complexity index is 699. The van der Waals surface area contributed by atoms with Crippen molar-refractivity contribution in [2.75, 3.05) is 5.73 Å². The monoisotopic (exact) mass is 344 g/mol. The van der Waals surface area contributed by atoms with E-state index in [1.807, 2.05) is 0 Å². The highest BCUT2D eigenvalue weighted by Crippen LogP contribution is 2.22. The zero-order valence-corrected chi connectivity index (χ0v) is 12.1. The van der Waals surface area contributed by atoms with Crippen molar-refractivity contribution in [3.05, 3.63) is 52.4 Å². The zero-order chi connectivity index (χ0) is 14.0. The Morgan fingerprint density at radius 2 is 2.05 bits per heavy atom. The first-order valence-electron chi connectivity index (χ1n) is 5.27. The number of rotatable bonds is 3. The molecule has 4 nitrogen and oxygen atoms in total. The lowest BCUT2D eigenvalue weighted by Gasteiger charge is -2.07. The molecule has 0 aliphatic carbocycles. The average Bonchev–Trinajstić information content (AvgIpc) is 2.26. The minimum Gasteiger partial charge on any atom is -0.396 e. The Morgan fingerprint density at radius 3 is 2.68 bits per heavy atom. The van der Waals surface area contributed by atoms with E-state index in [1.54, 1.807) is 12.1 Å². The van der Waals surface area contributed by atoms with Crippen molar-refractivity contribution in [3.8, 4) is 0 Å². The molecule has 100 valence electrons. The number of hydrogen-bond donors (Lipinski definition) is 1. The summed E-state index contributed by atoms with van der Waals surface area (Å²) in [4.78, 5) is 3.77. The lowest BCUT2D eigenvalue weighted by molar-refractivity contribution is 0.591. The van der Waals surface area contributed by atoms with Gasteiger partial charge in [0.25, 0.3) is 0 Å². The predicted molar refractivity (Wildman–Crippen MR) is 73.6 cm³/mol. The largest absolute Gasteiger partial charge is 0.396 e. The Balaban J connectivity index is 2.39. The lowest BCUT2D eigenvalue weighted by atomic mass is 10.2. The second-order valence-electron chi connectivity index (χ2n) is 3.93. The number of nitrogens with zero attached hydrogens (tertiary/aromatic N) is 1. The number of aromatic nitrogens is 1. The maximum atomic E-state index is 13.2. The van der Waals surface area contributed by atoms with Crippen LogP contribution in [-0.4, -0.2) is 13.4 Å². The molecule has 2 N–H and O–H groups in total. The Labute approximate surface area is 118 Å². The van der Waals surface area contributed by atoms with E-state index in [0.29, 0.717) is 10.0 Å². The van der Waals surface area contributed by atoms with Gasteiger partial charge < -0.3 is 5.73 Å². The van der Waals surface area contributed by atoms with Crippen molar-refractivity contribution in [2.24, 2.45) is 0 Å². The second-order valence-corrected chi connectivity index (χ2v) is 6.76. The summed E-state index contributed by atoms with van der Waals surface area (Å²) in [7, 11) is -3.70. The number of anilines is 1. The number of benzene rings is 1. The van der Waals surface area contributed by atoms with Gasteiger partial charge in [-0.15, -0.1) is 0 Å². The summed E-state index contributed by atoms with van der Waals surface area (Å²) in [6, 6.07) is 6.97. The standard InChI is InChI=1S/C12H10BrFN2O2S/c13-9-4-8(5-10(14)6-9)7-19(17,18)12-11(15)2-1-3-16-12/h1-6H,7,15H2. The van der Waals surface area contributed by atoms with Crippen molar-refractivity contribution in [1.29, 1.82) is 0 Å². The van der Waals surface area contributed by atoms with Gasteiger partial charge in [-0.2, -0.15) is 0 Å². The summed E-state index contributed by atoms with van der Waals surface area (Å²) in [6.07, 6.45) is 1.35. The smallest absolute Gasteiger partial charge is 0.201 e. The first kappa shape index (κ1) is 14.0. The third-order valence-electron chi connectivity index (χ3n) is 2.37. The first-order valence-corrected chi connectivity index (χ1v) is 7.71. The van der Waals surface area contributed by atoms with Crippen molar-refractivity contribution in [2.45, 2.75) is 10.8 Å². The van der Waals surface area contributed by atoms with E-state index in [4.69, 9.17) is 5.73 Å². The summed E-state index contributed by atoms with van der Waals surface area (Å²) in [5.74, 6) is -0.863. The zero-order valence-electron chi connectivity index (χ0n) is 9.68. The van der Waals surface area contributed by atoms with Gasteiger partial charge in [-0.3, -0.25) is 0 Å². The third kappa shape index (κ3) is 3.30. The normalized spacial score (nSPS) is 11.5. The van der Waals surface area contributed by atoms with Crippen LogP contribution in [0.1, 0.15) is 5.56 Å². The fourth-order valence-electron chi connectivity index (χ4n) is 1.65. The molecule has 0 spiro atoms. The van der Waals surface area contributed by atoms with Crippen LogP contribution in [0.4, 0.5) is 10.1 Å². The molecule has 0 atom stereocenters. The van der Waals surface area contributed by atoms with E-state index in [0.717, 1.165) is 0 Å². The highest BCUT2D eigenvalue weighted by molar-refractivity contribution is 9.10. The second kappa shape index (κ2) is 5.26. The Hall–Kier alpha value is -1.47. The fourth-order valence-corrected chi connectivity index (χ4v) is 3.55. The lowest BCUT2D eigenvalue weighted by Crippen LogP contribution is -2.10. The molecule has 0 radical (unpaired) electrons. The maximum absolute atomic E-state index is 13.2. The van der Waals surface area contributed by atoms with Crippen molar-refractivity contribution >= 4 is 31.5 Å². The average molecular weight is 345 g/mol. The summed E-state index contributed by atoms with van der Waals surface area (Å²) < 4.78 is 38.0.